The van der Waals surface area contributed by atoms with E-state index in [2.05, 4.69) is 22.6 Å². The highest BCUT2D eigenvalue weighted by Gasteiger charge is 2.44. The molecule has 0 saturated heterocycles. The van der Waals surface area contributed by atoms with Crippen molar-refractivity contribution in [2.45, 2.75) is 39.3 Å². The lowest BCUT2D eigenvalue weighted by Crippen LogP contribution is -2.50. The van der Waals surface area contributed by atoms with Crippen LogP contribution in [-0.2, 0) is 19.1 Å². The number of carbonyl (C=O) groups is 2. The molecule has 0 spiro atoms. The number of carbonyl (C=O) groups excluding carboxylic acids is 2. The van der Waals surface area contributed by atoms with Crippen LogP contribution in [0.3, 0.4) is 0 Å². The zero-order valence-corrected chi connectivity index (χ0v) is 10.7. The first-order chi connectivity index (χ1) is 8.14. The van der Waals surface area contributed by atoms with Gasteiger partial charge in [0.05, 0.1) is 0 Å². The van der Waals surface area contributed by atoms with Crippen LogP contribution in [0.1, 0.15) is 27.2 Å². The SMILES string of the molecule is C=C(C)C(=O)OC(O)(OC(=O)C(=C)C)C(O)CC. The molecule has 1 unspecified atom stereocenters. The van der Waals surface area contributed by atoms with E-state index in [-0.39, 0.29) is 17.6 Å². The Morgan fingerprint density at radius 2 is 1.50 bits per heavy atom. The van der Waals surface area contributed by atoms with Gasteiger partial charge in [-0.3, -0.25) is 0 Å². The van der Waals surface area contributed by atoms with E-state index in [1.54, 1.807) is 0 Å². The number of esters is 2. The molecule has 6 nitrogen and oxygen atoms in total. The fourth-order valence-electron chi connectivity index (χ4n) is 0.855. The van der Waals surface area contributed by atoms with Crippen LogP contribution < -0.4 is 0 Å². The number of aliphatic hydroxyl groups excluding tert-OH is 1. The molecule has 0 aromatic carbocycles. The van der Waals surface area contributed by atoms with Gasteiger partial charge in [-0.15, -0.1) is 0 Å². The van der Waals surface area contributed by atoms with Crippen molar-refractivity contribution in [3.63, 3.8) is 0 Å². The lowest BCUT2D eigenvalue weighted by Gasteiger charge is -2.30. The van der Waals surface area contributed by atoms with E-state index in [0.29, 0.717) is 0 Å². The number of ether oxygens (including phenoxy) is 2. The van der Waals surface area contributed by atoms with Gasteiger partial charge in [0.25, 0.3) is 0 Å². The Bertz CT molecular complexity index is 343. The molecule has 18 heavy (non-hydrogen) atoms. The van der Waals surface area contributed by atoms with E-state index in [1.807, 2.05) is 0 Å². The molecule has 0 heterocycles. The van der Waals surface area contributed by atoms with Gasteiger partial charge < -0.3 is 19.7 Å². The van der Waals surface area contributed by atoms with E-state index in [4.69, 9.17) is 0 Å². The van der Waals surface area contributed by atoms with Crippen molar-refractivity contribution in [2.24, 2.45) is 0 Å². The van der Waals surface area contributed by atoms with Crippen LogP contribution in [0.5, 0.6) is 0 Å². The molecule has 0 saturated carbocycles. The molecule has 0 aliphatic rings. The molecule has 102 valence electrons. The van der Waals surface area contributed by atoms with Crippen molar-refractivity contribution in [3.05, 3.63) is 24.3 Å². The zero-order chi connectivity index (χ0) is 14.5. The molecule has 1 atom stereocenters. The second-order valence-electron chi connectivity index (χ2n) is 3.89. The Hall–Kier alpha value is -1.66. The average molecular weight is 258 g/mol. The highest BCUT2D eigenvalue weighted by molar-refractivity contribution is 5.88. The molecule has 0 bridgehead atoms. The summed E-state index contributed by atoms with van der Waals surface area (Å²) in [4.78, 5) is 22.6. The fourth-order valence-corrected chi connectivity index (χ4v) is 0.855. The summed E-state index contributed by atoms with van der Waals surface area (Å²) >= 11 is 0. The van der Waals surface area contributed by atoms with Crippen molar-refractivity contribution in [3.8, 4) is 0 Å². The van der Waals surface area contributed by atoms with E-state index in [0.717, 1.165) is 0 Å². The van der Waals surface area contributed by atoms with Gasteiger partial charge in [0, 0.05) is 11.1 Å². The summed E-state index contributed by atoms with van der Waals surface area (Å²) < 4.78 is 9.11. The number of rotatable bonds is 6. The highest BCUT2D eigenvalue weighted by Crippen LogP contribution is 2.20. The van der Waals surface area contributed by atoms with E-state index in [9.17, 15) is 19.8 Å². The highest BCUT2D eigenvalue weighted by atomic mass is 16.8. The topological polar surface area (TPSA) is 93.1 Å². The van der Waals surface area contributed by atoms with Gasteiger partial charge in [-0.25, -0.2) is 9.59 Å². The van der Waals surface area contributed by atoms with Crippen LogP contribution >= 0.6 is 0 Å². The van der Waals surface area contributed by atoms with Crippen LogP contribution in [0.2, 0.25) is 0 Å². The monoisotopic (exact) mass is 258 g/mol. The quantitative estimate of drug-likeness (QED) is 0.412. The largest absolute Gasteiger partial charge is 0.401 e. The summed E-state index contributed by atoms with van der Waals surface area (Å²) in [5, 5.41) is 19.5. The maximum atomic E-state index is 11.3. The first-order valence-electron chi connectivity index (χ1n) is 5.32. The van der Waals surface area contributed by atoms with Gasteiger partial charge in [0.15, 0.2) is 6.10 Å². The van der Waals surface area contributed by atoms with Crippen LogP contribution in [0.25, 0.3) is 0 Å². The second kappa shape index (κ2) is 6.32. The molecular formula is C12H18O6. The smallest absolute Gasteiger partial charge is 0.393 e. The van der Waals surface area contributed by atoms with Crippen LogP contribution in [0.15, 0.2) is 24.3 Å². The van der Waals surface area contributed by atoms with Gasteiger partial charge in [-0.05, 0) is 20.3 Å². The third-order valence-corrected chi connectivity index (χ3v) is 1.98. The van der Waals surface area contributed by atoms with Crippen molar-refractivity contribution in [2.75, 3.05) is 0 Å². The normalized spacial score (nSPS) is 12.5. The van der Waals surface area contributed by atoms with Gasteiger partial charge in [0.1, 0.15) is 0 Å². The number of hydrogen-bond donors (Lipinski definition) is 2. The van der Waals surface area contributed by atoms with Crippen LogP contribution in [0.4, 0.5) is 0 Å². The molecule has 0 aliphatic heterocycles. The van der Waals surface area contributed by atoms with Gasteiger partial charge >= 0.3 is 17.9 Å². The standard InChI is InChI=1S/C12H18O6/c1-6-9(13)12(16,17-10(14)7(2)3)18-11(15)8(4)5/h9,13,16H,2,4,6H2,1,3,5H3. The minimum Gasteiger partial charge on any atom is -0.393 e. The molecule has 0 rings (SSSR count). The van der Waals surface area contributed by atoms with E-state index >= 15 is 0 Å². The Morgan fingerprint density at radius 3 is 1.72 bits per heavy atom. The minimum absolute atomic E-state index is 0.00341. The number of hydrogen-bond acceptors (Lipinski definition) is 6. The lowest BCUT2D eigenvalue weighted by atomic mass is 10.2. The molecule has 2 N–H and O–H groups in total. The van der Waals surface area contributed by atoms with Gasteiger partial charge in [-0.1, -0.05) is 20.1 Å². The van der Waals surface area contributed by atoms with Gasteiger partial charge in [0.2, 0.25) is 0 Å². The van der Waals surface area contributed by atoms with Crippen LogP contribution in [-0.4, -0.2) is 34.2 Å². The minimum atomic E-state index is -2.75. The van der Waals surface area contributed by atoms with Crippen molar-refractivity contribution in [1.29, 1.82) is 0 Å². The predicted molar refractivity (Wildman–Crippen MR) is 63.1 cm³/mol. The first kappa shape index (κ1) is 16.3. The molecule has 0 radical (unpaired) electrons. The van der Waals surface area contributed by atoms with E-state index in [1.165, 1.54) is 20.8 Å². The molecule has 0 aromatic rings. The predicted octanol–water partition coefficient (Wildman–Crippen LogP) is 0.642. The van der Waals surface area contributed by atoms with Crippen molar-refractivity contribution in [1.82, 2.24) is 0 Å². The Labute approximate surface area is 106 Å². The summed E-state index contributed by atoms with van der Waals surface area (Å²) in [6.07, 6.45) is -1.58. The maximum Gasteiger partial charge on any atom is 0.401 e. The Balaban J connectivity index is 5.06. The first-order valence-corrected chi connectivity index (χ1v) is 5.32. The number of aliphatic hydroxyl groups is 2. The lowest BCUT2D eigenvalue weighted by molar-refractivity contribution is -0.358. The third kappa shape index (κ3) is 4.31. The molecule has 0 aromatic heterocycles. The average Bonchev–Trinajstić information content (AvgIpc) is 2.27. The van der Waals surface area contributed by atoms with Gasteiger partial charge in [-0.2, -0.15) is 0 Å². The molecule has 6 heteroatoms. The zero-order valence-electron chi connectivity index (χ0n) is 10.7. The third-order valence-electron chi connectivity index (χ3n) is 1.98. The van der Waals surface area contributed by atoms with Crippen LogP contribution in [0, 0.1) is 0 Å². The van der Waals surface area contributed by atoms with Crippen molar-refractivity contribution < 1.29 is 29.3 Å². The molecular weight excluding hydrogens is 240 g/mol. The molecule has 0 fully saturated rings. The fraction of sp³-hybridized carbons (Fsp3) is 0.500. The van der Waals surface area contributed by atoms with E-state index < -0.39 is 24.0 Å². The van der Waals surface area contributed by atoms with Crippen molar-refractivity contribution >= 4 is 11.9 Å². The Morgan fingerprint density at radius 1 is 1.17 bits per heavy atom. The molecule has 0 amide bonds. The second-order valence-corrected chi connectivity index (χ2v) is 3.89. The summed E-state index contributed by atoms with van der Waals surface area (Å²) in [7, 11) is 0. The molecule has 0 aliphatic carbocycles. The Kier molecular flexibility index (Phi) is 5.74. The summed E-state index contributed by atoms with van der Waals surface area (Å²) in [6.45, 7) is 10.8. The summed E-state index contributed by atoms with van der Waals surface area (Å²) in [6, 6.07) is 0. The summed E-state index contributed by atoms with van der Waals surface area (Å²) in [5.74, 6) is -4.72. The maximum absolute atomic E-state index is 11.3. The summed E-state index contributed by atoms with van der Waals surface area (Å²) in [5.41, 5.74) is -0.0220.